The van der Waals surface area contributed by atoms with Gasteiger partial charge in [-0.3, -0.25) is 9.69 Å². The van der Waals surface area contributed by atoms with Crippen LogP contribution in [0.5, 0.6) is 0 Å². The van der Waals surface area contributed by atoms with Crippen LogP contribution in [-0.2, 0) is 17.5 Å². The first-order valence-electron chi connectivity index (χ1n) is 9.14. The zero-order valence-corrected chi connectivity index (χ0v) is 16.1. The Bertz CT molecular complexity index is 984. The van der Waals surface area contributed by atoms with Crippen LogP contribution in [0.15, 0.2) is 30.6 Å². The van der Waals surface area contributed by atoms with E-state index < -0.39 is 48.0 Å². The second kappa shape index (κ2) is 8.46. The van der Waals surface area contributed by atoms with Crippen LogP contribution in [0.1, 0.15) is 24.7 Å². The van der Waals surface area contributed by atoms with E-state index in [9.17, 15) is 37.4 Å². The summed E-state index contributed by atoms with van der Waals surface area (Å²) in [5.41, 5.74) is 0.570. The highest BCUT2D eigenvalue weighted by atomic mass is 19.4. The van der Waals surface area contributed by atoms with Gasteiger partial charge in [0.2, 0.25) is 11.7 Å². The van der Waals surface area contributed by atoms with Crippen LogP contribution in [0.2, 0.25) is 0 Å². The third-order valence-corrected chi connectivity index (χ3v) is 5.06. The van der Waals surface area contributed by atoms with E-state index in [1.807, 2.05) is 0 Å². The second-order valence-electron chi connectivity index (χ2n) is 7.07. The lowest BCUT2D eigenvalue weighted by Gasteiger charge is -2.24. The van der Waals surface area contributed by atoms with Gasteiger partial charge in [-0.25, -0.2) is 19.2 Å². The number of aliphatic hydroxyl groups is 1. The van der Waals surface area contributed by atoms with Crippen molar-refractivity contribution in [2.75, 3.05) is 0 Å². The SMILES string of the molecule is C[C@H]1[C@@H](O)C[C@@H](C(=O)NCc2cc(-c3cnc(C(F)(F)F)nc3)ccc2F)N1C(=O)O. The molecular formula is C19H18F4N4O4. The average molecular weight is 442 g/mol. The fourth-order valence-electron chi connectivity index (χ4n) is 3.36. The maximum absolute atomic E-state index is 14.2. The van der Waals surface area contributed by atoms with Gasteiger partial charge in [-0.1, -0.05) is 6.07 Å². The minimum atomic E-state index is -4.69. The van der Waals surface area contributed by atoms with Crippen LogP contribution >= 0.6 is 0 Å². The van der Waals surface area contributed by atoms with Gasteiger partial charge in [0.25, 0.3) is 0 Å². The summed E-state index contributed by atoms with van der Waals surface area (Å²) in [5.74, 6) is -2.68. The summed E-state index contributed by atoms with van der Waals surface area (Å²) >= 11 is 0. The van der Waals surface area contributed by atoms with Gasteiger partial charge in [0.15, 0.2) is 0 Å². The minimum absolute atomic E-state index is 0.0271. The molecule has 3 rings (SSSR count). The van der Waals surface area contributed by atoms with E-state index in [1.165, 1.54) is 19.1 Å². The molecule has 2 amide bonds. The maximum atomic E-state index is 14.2. The largest absolute Gasteiger partial charge is 0.465 e. The molecule has 2 heterocycles. The van der Waals surface area contributed by atoms with E-state index in [-0.39, 0.29) is 24.1 Å². The fourth-order valence-corrected chi connectivity index (χ4v) is 3.36. The Balaban J connectivity index is 1.74. The summed E-state index contributed by atoms with van der Waals surface area (Å²) in [6.45, 7) is 1.18. The predicted molar refractivity (Wildman–Crippen MR) is 98.0 cm³/mol. The minimum Gasteiger partial charge on any atom is -0.465 e. The number of amides is 2. The number of carbonyl (C=O) groups excluding carboxylic acids is 1. The Morgan fingerprint density at radius 3 is 2.45 bits per heavy atom. The Labute approximate surface area is 173 Å². The highest BCUT2D eigenvalue weighted by Gasteiger charge is 2.44. The van der Waals surface area contributed by atoms with E-state index in [1.54, 1.807) is 0 Å². The van der Waals surface area contributed by atoms with E-state index in [0.717, 1.165) is 23.4 Å². The summed E-state index contributed by atoms with van der Waals surface area (Å²) in [5, 5.41) is 21.6. The van der Waals surface area contributed by atoms with Crippen molar-refractivity contribution in [3.63, 3.8) is 0 Å². The number of nitrogens with zero attached hydrogens (tertiary/aromatic N) is 3. The second-order valence-corrected chi connectivity index (χ2v) is 7.07. The first-order valence-corrected chi connectivity index (χ1v) is 9.14. The zero-order valence-electron chi connectivity index (χ0n) is 16.1. The van der Waals surface area contributed by atoms with Crippen LogP contribution in [0.4, 0.5) is 22.4 Å². The molecule has 1 aromatic carbocycles. The van der Waals surface area contributed by atoms with Crippen molar-refractivity contribution < 1.29 is 37.4 Å². The molecule has 0 radical (unpaired) electrons. The lowest BCUT2D eigenvalue weighted by Crippen LogP contribution is -2.48. The molecular weight excluding hydrogens is 424 g/mol. The molecule has 166 valence electrons. The van der Waals surface area contributed by atoms with Crippen molar-refractivity contribution in [1.82, 2.24) is 20.2 Å². The van der Waals surface area contributed by atoms with Crippen LogP contribution < -0.4 is 5.32 Å². The number of benzene rings is 1. The third kappa shape index (κ3) is 4.74. The monoisotopic (exact) mass is 442 g/mol. The van der Waals surface area contributed by atoms with Gasteiger partial charge in [-0.05, 0) is 24.6 Å². The first-order chi connectivity index (χ1) is 14.5. The Hall–Kier alpha value is -3.28. The smallest absolute Gasteiger partial charge is 0.451 e. The van der Waals surface area contributed by atoms with E-state index in [4.69, 9.17) is 0 Å². The van der Waals surface area contributed by atoms with Crippen molar-refractivity contribution in [2.45, 2.75) is 44.3 Å². The topological polar surface area (TPSA) is 116 Å². The Kier molecular flexibility index (Phi) is 6.11. The number of rotatable bonds is 4. The van der Waals surface area contributed by atoms with Crippen molar-refractivity contribution in [3.05, 3.63) is 47.8 Å². The van der Waals surface area contributed by atoms with Crippen LogP contribution in [0.3, 0.4) is 0 Å². The molecule has 1 fully saturated rings. The number of nitrogens with one attached hydrogen (secondary N) is 1. The molecule has 1 aliphatic heterocycles. The molecule has 3 N–H and O–H groups in total. The normalized spacial score (nSPS) is 21.2. The van der Waals surface area contributed by atoms with Crippen molar-refractivity contribution >= 4 is 12.0 Å². The van der Waals surface area contributed by atoms with Gasteiger partial charge < -0.3 is 15.5 Å². The number of hydrogen-bond acceptors (Lipinski definition) is 5. The van der Waals surface area contributed by atoms with Gasteiger partial charge in [-0.2, -0.15) is 13.2 Å². The van der Waals surface area contributed by atoms with Gasteiger partial charge in [0, 0.05) is 36.5 Å². The number of aliphatic hydroxyl groups excluding tert-OH is 1. The molecule has 2 aromatic rings. The quantitative estimate of drug-likeness (QED) is 0.627. The number of hydrogen-bond donors (Lipinski definition) is 3. The van der Waals surface area contributed by atoms with Gasteiger partial charge in [0.05, 0.1) is 12.1 Å². The molecule has 12 heteroatoms. The number of halogens is 4. The van der Waals surface area contributed by atoms with Gasteiger partial charge >= 0.3 is 12.3 Å². The van der Waals surface area contributed by atoms with Crippen molar-refractivity contribution in [1.29, 1.82) is 0 Å². The van der Waals surface area contributed by atoms with Crippen LogP contribution in [0, 0.1) is 5.82 Å². The van der Waals surface area contributed by atoms with E-state index in [0.29, 0.717) is 5.56 Å². The standard InChI is InChI=1S/C19H18F4N4O4/c1-9-15(28)5-14(27(9)18(30)31)16(29)24-6-11-4-10(2-3-13(11)20)12-7-25-17(26-8-12)19(21,22)23/h2-4,7-9,14-15,28H,5-6H2,1H3,(H,24,29)(H,30,31)/t9-,14-,15-/m0/s1. The van der Waals surface area contributed by atoms with Crippen LogP contribution in [0.25, 0.3) is 11.1 Å². The highest BCUT2D eigenvalue weighted by molar-refractivity contribution is 5.86. The number of carboxylic acid groups (broad SMARTS) is 1. The maximum Gasteiger partial charge on any atom is 0.451 e. The van der Waals surface area contributed by atoms with Crippen molar-refractivity contribution in [2.24, 2.45) is 0 Å². The van der Waals surface area contributed by atoms with E-state index in [2.05, 4.69) is 15.3 Å². The molecule has 1 aliphatic rings. The third-order valence-electron chi connectivity index (χ3n) is 5.06. The lowest BCUT2D eigenvalue weighted by molar-refractivity contribution is -0.145. The molecule has 0 spiro atoms. The fraction of sp³-hybridized carbons (Fsp3) is 0.368. The molecule has 0 unspecified atom stereocenters. The molecule has 31 heavy (non-hydrogen) atoms. The molecule has 1 saturated heterocycles. The van der Waals surface area contributed by atoms with Gasteiger partial charge in [0.1, 0.15) is 11.9 Å². The summed E-state index contributed by atoms with van der Waals surface area (Å²) in [6, 6.07) is 1.83. The number of aromatic nitrogens is 2. The molecule has 0 saturated carbocycles. The van der Waals surface area contributed by atoms with Gasteiger partial charge in [-0.15, -0.1) is 0 Å². The molecule has 1 aromatic heterocycles. The summed E-state index contributed by atoms with van der Waals surface area (Å²) < 4.78 is 52.0. The average Bonchev–Trinajstić information content (AvgIpc) is 3.01. The summed E-state index contributed by atoms with van der Waals surface area (Å²) in [7, 11) is 0. The van der Waals surface area contributed by atoms with Crippen LogP contribution in [-0.4, -0.2) is 55.3 Å². The highest BCUT2D eigenvalue weighted by Crippen LogP contribution is 2.28. The molecule has 0 aliphatic carbocycles. The number of alkyl halides is 3. The van der Waals surface area contributed by atoms with Crippen molar-refractivity contribution in [3.8, 4) is 11.1 Å². The first kappa shape index (κ1) is 22.4. The summed E-state index contributed by atoms with van der Waals surface area (Å²) in [6.07, 6.45) is -5.24. The Morgan fingerprint density at radius 1 is 1.23 bits per heavy atom. The molecule has 3 atom stereocenters. The predicted octanol–water partition coefficient (Wildman–Crippen LogP) is 2.42. The number of carbonyl (C=O) groups is 2. The zero-order chi connectivity index (χ0) is 22.9. The number of likely N-dealkylation sites (tertiary alicyclic amines) is 1. The molecule has 8 nitrogen and oxygen atoms in total. The van der Waals surface area contributed by atoms with E-state index >= 15 is 0 Å². The lowest BCUT2D eigenvalue weighted by atomic mass is 10.0. The Morgan fingerprint density at radius 2 is 1.87 bits per heavy atom. The summed E-state index contributed by atoms with van der Waals surface area (Å²) in [4.78, 5) is 31.2. The molecule has 0 bridgehead atoms.